The number of phenols is 1. The number of halogens is 1. The van der Waals surface area contributed by atoms with Gasteiger partial charge in [-0.15, -0.1) is 0 Å². The highest BCUT2D eigenvalue weighted by Crippen LogP contribution is 2.33. The van der Waals surface area contributed by atoms with E-state index in [4.69, 9.17) is 11.6 Å². The van der Waals surface area contributed by atoms with Gasteiger partial charge in [-0.3, -0.25) is 0 Å². The number of benzene rings is 1. The summed E-state index contributed by atoms with van der Waals surface area (Å²) in [4.78, 5) is 0. The summed E-state index contributed by atoms with van der Waals surface area (Å²) in [5.74, 6) is 1.05. The first kappa shape index (κ1) is 11.7. The monoisotopic (exact) mass is 239 g/mol. The van der Waals surface area contributed by atoms with E-state index in [1.165, 1.54) is 6.42 Å². The van der Waals surface area contributed by atoms with Gasteiger partial charge in [0, 0.05) is 5.02 Å². The highest BCUT2D eigenvalue weighted by molar-refractivity contribution is 6.31. The van der Waals surface area contributed by atoms with Crippen LogP contribution in [0.15, 0.2) is 6.07 Å². The molecular weight excluding hydrogens is 222 g/mol. The van der Waals surface area contributed by atoms with E-state index in [1.54, 1.807) is 0 Å². The predicted molar refractivity (Wildman–Crippen MR) is 67.3 cm³/mol. The number of aryl methyl sites for hydroxylation is 1. The molecule has 0 aliphatic carbocycles. The lowest BCUT2D eigenvalue weighted by Crippen LogP contribution is -2.11. The summed E-state index contributed by atoms with van der Waals surface area (Å²) in [5, 5.41) is 14.2. The van der Waals surface area contributed by atoms with Crippen LogP contribution in [-0.4, -0.2) is 18.2 Å². The molecular formula is C13H18ClNO. The third-order valence-electron chi connectivity index (χ3n) is 3.47. The SMILES string of the molecule is Cc1cc(Cl)c(C)c(CC2CCNC2)c1O. The molecule has 2 N–H and O–H groups in total. The van der Waals surface area contributed by atoms with Crippen molar-refractivity contribution in [2.24, 2.45) is 5.92 Å². The normalized spacial score (nSPS) is 20.3. The van der Waals surface area contributed by atoms with E-state index in [-0.39, 0.29) is 0 Å². The quantitative estimate of drug-likeness (QED) is 0.832. The average Bonchev–Trinajstić information content (AvgIpc) is 2.74. The Morgan fingerprint density at radius 1 is 1.50 bits per heavy atom. The van der Waals surface area contributed by atoms with Gasteiger partial charge in [0.05, 0.1) is 0 Å². The van der Waals surface area contributed by atoms with Gasteiger partial charge in [0.15, 0.2) is 0 Å². The standard InChI is InChI=1S/C13H18ClNO/c1-8-5-12(14)9(2)11(13(8)16)6-10-3-4-15-7-10/h5,10,15-16H,3-4,6-7H2,1-2H3. The predicted octanol–water partition coefficient (Wildman–Crippen LogP) is 2.81. The third-order valence-corrected chi connectivity index (χ3v) is 3.86. The van der Waals surface area contributed by atoms with Crippen molar-refractivity contribution in [2.75, 3.05) is 13.1 Å². The highest BCUT2D eigenvalue weighted by atomic mass is 35.5. The van der Waals surface area contributed by atoms with Gasteiger partial charge in [0.1, 0.15) is 5.75 Å². The molecule has 0 bridgehead atoms. The van der Waals surface area contributed by atoms with E-state index >= 15 is 0 Å². The lowest BCUT2D eigenvalue weighted by atomic mass is 9.93. The second-order valence-corrected chi connectivity index (χ2v) is 5.10. The summed E-state index contributed by atoms with van der Waals surface area (Å²) in [6.45, 7) is 6.02. The van der Waals surface area contributed by atoms with Gasteiger partial charge < -0.3 is 10.4 Å². The van der Waals surface area contributed by atoms with Crippen LogP contribution in [0.1, 0.15) is 23.1 Å². The van der Waals surface area contributed by atoms with E-state index in [2.05, 4.69) is 5.32 Å². The molecule has 1 unspecified atom stereocenters. The fourth-order valence-corrected chi connectivity index (χ4v) is 2.63. The Bertz CT molecular complexity index is 371. The maximum atomic E-state index is 10.1. The zero-order chi connectivity index (χ0) is 11.7. The minimum atomic E-state index is 0.425. The first-order valence-electron chi connectivity index (χ1n) is 5.78. The summed E-state index contributed by atoms with van der Waals surface area (Å²) in [7, 11) is 0. The summed E-state index contributed by atoms with van der Waals surface area (Å²) in [6, 6.07) is 1.84. The molecule has 88 valence electrons. The van der Waals surface area contributed by atoms with Crippen molar-refractivity contribution >= 4 is 11.6 Å². The van der Waals surface area contributed by atoms with Gasteiger partial charge in [0.2, 0.25) is 0 Å². The van der Waals surface area contributed by atoms with Gasteiger partial charge >= 0.3 is 0 Å². The molecule has 1 aliphatic rings. The molecule has 0 aromatic heterocycles. The van der Waals surface area contributed by atoms with E-state index in [1.807, 2.05) is 19.9 Å². The minimum absolute atomic E-state index is 0.425. The number of rotatable bonds is 2. The lowest BCUT2D eigenvalue weighted by Gasteiger charge is -2.15. The summed E-state index contributed by atoms with van der Waals surface area (Å²) in [6.07, 6.45) is 2.11. The van der Waals surface area contributed by atoms with E-state index in [0.717, 1.165) is 41.2 Å². The van der Waals surface area contributed by atoms with Crippen LogP contribution in [-0.2, 0) is 6.42 Å². The molecule has 1 aromatic carbocycles. The molecule has 1 aromatic rings. The molecule has 2 rings (SSSR count). The Hall–Kier alpha value is -0.730. The molecule has 1 saturated heterocycles. The minimum Gasteiger partial charge on any atom is -0.507 e. The number of nitrogens with one attached hydrogen (secondary N) is 1. The summed E-state index contributed by atoms with van der Waals surface area (Å²) >= 11 is 6.15. The van der Waals surface area contributed by atoms with Crippen LogP contribution in [0.4, 0.5) is 0 Å². The van der Waals surface area contributed by atoms with Gasteiger partial charge in [-0.05, 0) is 68.5 Å². The molecule has 2 nitrogen and oxygen atoms in total. The summed E-state index contributed by atoms with van der Waals surface area (Å²) in [5.41, 5.74) is 2.92. The Labute approximate surface area is 102 Å². The van der Waals surface area contributed by atoms with Crippen molar-refractivity contribution in [1.82, 2.24) is 5.32 Å². The number of aromatic hydroxyl groups is 1. The maximum Gasteiger partial charge on any atom is 0.122 e. The number of hydrogen-bond donors (Lipinski definition) is 2. The van der Waals surface area contributed by atoms with Crippen LogP contribution in [0.3, 0.4) is 0 Å². The van der Waals surface area contributed by atoms with Gasteiger partial charge in [-0.25, -0.2) is 0 Å². The lowest BCUT2D eigenvalue weighted by molar-refractivity contribution is 0.454. The zero-order valence-corrected chi connectivity index (χ0v) is 10.6. The molecule has 1 heterocycles. The van der Waals surface area contributed by atoms with Crippen LogP contribution in [0.5, 0.6) is 5.75 Å². The van der Waals surface area contributed by atoms with Gasteiger partial charge in [-0.2, -0.15) is 0 Å². The zero-order valence-electron chi connectivity index (χ0n) is 9.81. The Balaban J connectivity index is 2.31. The molecule has 3 heteroatoms. The maximum absolute atomic E-state index is 10.1. The van der Waals surface area contributed by atoms with Crippen molar-refractivity contribution in [2.45, 2.75) is 26.7 Å². The van der Waals surface area contributed by atoms with E-state index in [0.29, 0.717) is 11.7 Å². The molecule has 0 radical (unpaired) electrons. The molecule has 0 amide bonds. The number of phenolic OH excluding ortho intramolecular Hbond substituents is 1. The Kier molecular flexibility index (Phi) is 3.41. The Morgan fingerprint density at radius 3 is 2.88 bits per heavy atom. The third kappa shape index (κ3) is 2.18. The second kappa shape index (κ2) is 4.64. The molecule has 16 heavy (non-hydrogen) atoms. The molecule has 0 spiro atoms. The Morgan fingerprint density at radius 2 is 2.25 bits per heavy atom. The van der Waals surface area contributed by atoms with Gasteiger partial charge in [0.25, 0.3) is 0 Å². The smallest absolute Gasteiger partial charge is 0.122 e. The van der Waals surface area contributed by atoms with Crippen LogP contribution in [0.25, 0.3) is 0 Å². The average molecular weight is 240 g/mol. The summed E-state index contributed by atoms with van der Waals surface area (Å²) < 4.78 is 0. The van der Waals surface area contributed by atoms with Crippen molar-refractivity contribution in [3.8, 4) is 5.75 Å². The topological polar surface area (TPSA) is 32.3 Å². The van der Waals surface area contributed by atoms with E-state index in [9.17, 15) is 5.11 Å². The van der Waals surface area contributed by atoms with Crippen LogP contribution < -0.4 is 5.32 Å². The van der Waals surface area contributed by atoms with Gasteiger partial charge in [-0.1, -0.05) is 11.6 Å². The largest absolute Gasteiger partial charge is 0.507 e. The molecule has 1 fully saturated rings. The highest BCUT2D eigenvalue weighted by Gasteiger charge is 2.19. The molecule has 1 aliphatic heterocycles. The van der Waals surface area contributed by atoms with Crippen LogP contribution in [0.2, 0.25) is 5.02 Å². The van der Waals surface area contributed by atoms with Crippen LogP contribution >= 0.6 is 11.6 Å². The van der Waals surface area contributed by atoms with Crippen molar-refractivity contribution < 1.29 is 5.11 Å². The van der Waals surface area contributed by atoms with E-state index < -0.39 is 0 Å². The van der Waals surface area contributed by atoms with Crippen molar-refractivity contribution in [1.29, 1.82) is 0 Å². The molecule has 1 atom stereocenters. The first-order valence-corrected chi connectivity index (χ1v) is 6.15. The fraction of sp³-hybridized carbons (Fsp3) is 0.538. The first-order chi connectivity index (χ1) is 7.59. The number of hydrogen-bond acceptors (Lipinski definition) is 2. The second-order valence-electron chi connectivity index (χ2n) is 4.69. The van der Waals surface area contributed by atoms with Crippen molar-refractivity contribution in [3.05, 3.63) is 27.8 Å². The van der Waals surface area contributed by atoms with Crippen LogP contribution in [0, 0.1) is 19.8 Å². The van der Waals surface area contributed by atoms with Crippen molar-refractivity contribution in [3.63, 3.8) is 0 Å². The molecule has 0 saturated carbocycles. The fourth-order valence-electron chi connectivity index (χ4n) is 2.35.